The maximum absolute atomic E-state index is 13.3. The number of alkyl halides is 1. The number of sulfonamides is 1. The summed E-state index contributed by atoms with van der Waals surface area (Å²) in [5.41, 5.74) is -1.01. The molecule has 2 heterocycles. The first-order valence-corrected chi connectivity index (χ1v) is 15.8. The number of ether oxygens (including phenoxy) is 1. The zero-order chi connectivity index (χ0) is 28.9. The van der Waals surface area contributed by atoms with Crippen molar-refractivity contribution in [1.29, 1.82) is 5.26 Å². The fourth-order valence-corrected chi connectivity index (χ4v) is 6.97. The fourth-order valence-electron chi connectivity index (χ4n) is 4.53. The average Bonchev–Trinajstić information content (AvgIpc) is 2.90. The number of likely N-dealkylation sites (tertiary alicyclic amines) is 1. The molecule has 2 N–H and O–H groups in total. The summed E-state index contributed by atoms with van der Waals surface area (Å²) in [7, 11) is -4.34. The summed E-state index contributed by atoms with van der Waals surface area (Å²) in [6.07, 6.45) is 1.69. The van der Waals surface area contributed by atoms with Crippen LogP contribution in [-0.2, 0) is 19.6 Å². The highest BCUT2D eigenvalue weighted by Gasteiger charge is 2.38. The number of halogens is 3. The first-order chi connectivity index (χ1) is 19.0. The molecule has 0 unspecified atom stereocenters. The Hall–Kier alpha value is -2.43. The predicted molar refractivity (Wildman–Crippen MR) is 150 cm³/mol. The number of nitrogens with one attached hydrogen (secondary N) is 2. The minimum Gasteiger partial charge on any atom is -0.379 e. The van der Waals surface area contributed by atoms with Gasteiger partial charge >= 0.3 is 0 Å². The molecule has 13 heteroatoms. The lowest BCUT2D eigenvalue weighted by molar-refractivity contribution is -0.148. The van der Waals surface area contributed by atoms with E-state index in [1.54, 1.807) is 19.1 Å². The topological polar surface area (TPSA) is 112 Å². The molecule has 8 nitrogen and oxygen atoms in total. The van der Waals surface area contributed by atoms with E-state index in [0.29, 0.717) is 44.8 Å². The summed E-state index contributed by atoms with van der Waals surface area (Å²) in [5.74, 6) is -0.591. The first-order valence-electron chi connectivity index (χ1n) is 13.0. The van der Waals surface area contributed by atoms with Gasteiger partial charge in [-0.25, -0.2) is 21.9 Å². The molecular formula is C27H31ClF2N4O4S2. The molecule has 2 atom stereocenters. The number of nitriles is 1. The summed E-state index contributed by atoms with van der Waals surface area (Å²) in [6.45, 7) is 3.26. The molecule has 2 aromatic carbocycles. The number of nitrogens with zero attached hydrogens (tertiary/aromatic N) is 2. The number of rotatable bonds is 11. The van der Waals surface area contributed by atoms with Crippen LogP contribution in [0.4, 0.5) is 14.5 Å². The molecule has 4 rings (SSSR count). The van der Waals surface area contributed by atoms with E-state index in [1.165, 1.54) is 36.0 Å². The standard InChI is InChI=1S/C27H31ClF2N4O4S2/c1-27(9-2-3-11-38-27)26(35)33-40(36,37)23-12-18(14-31)25(24(28)13-23)32-21(8-10-34-15-20(30)16-34)17-39-22-6-4-19(29)5-7-22/h4-7,12-13,20-21,32H,2-3,8-11,15-17H2,1H3,(H,33,35)/t21-,27-/m1/s1. The Morgan fingerprint density at radius 3 is 2.65 bits per heavy atom. The predicted octanol–water partition coefficient (Wildman–Crippen LogP) is 4.73. The summed E-state index contributed by atoms with van der Waals surface area (Å²) in [6, 6.07) is 10.2. The molecule has 1 amide bonds. The summed E-state index contributed by atoms with van der Waals surface area (Å²) in [4.78, 5) is 15.3. The summed E-state index contributed by atoms with van der Waals surface area (Å²) >= 11 is 7.98. The van der Waals surface area contributed by atoms with Crippen molar-refractivity contribution >= 4 is 45.0 Å². The van der Waals surface area contributed by atoms with E-state index in [-0.39, 0.29) is 33.0 Å². The van der Waals surface area contributed by atoms with E-state index in [2.05, 4.69) is 10.0 Å². The molecule has 2 aliphatic rings. The molecule has 0 aromatic heterocycles. The lowest BCUT2D eigenvalue weighted by Crippen LogP contribution is -2.50. The van der Waals surface area contributed by atoms with Gasteiger partial charge in [0.05, 0.1) is 21.2 Å². The molecule has 0 saturated carbocycles. The molecular weight excluding hydrogens is 582 g/mol. The second-order valence-corrected chi connectivity index (χ2v) is 13.3. The second kappa shape index (κ2) is 13.0. The third-order valence-electron chi connectivity index (χ3n) is 6.99. The smallest absolute Gasteiger partial charge is 0.265 e. The number of hydrogen-bond acceptors (Lipinski definition) is 8. The Kier molecular flexibility index (Phi) is 9.95. The SMILES string of the molecule is C[C@]1(C(=O)NS(=O)(=O)c2cc(Cl)c(N[C@H](CCN3CC(F)C3)CSc3ccc(F)cc3)c(C#N)c2)CCCCO1. The van der Waals surface area contributed by atoms with Crippen LogP contribution in [0.2, 0.25) is 5.02 Å². The number of hydrogen-bond donors (Lipinski definition) is 2. The van der Waals surface area contributed by atoms with Gasteiger partial charge in [-0.3, -0.25) is 9.69 Å². The molecule has 216 valence electrons. The van der Waals surface area contributed by atoms with E-state index in [4.69, 9.17) is 16.3 Å². The van der Waals surface area contributed by atoms with Gasteiger partial charge in [-0.2, -0.15) is 5.26 Å². The molecule has 2 fully saturated rings. The van der Waals surface area contributed by atoms with E-state index in [0.717, 1.165) is 17.7 Å². The molecule has 0 spiro atoms. The Morgan fingerprint density at radius 2 is 2.02 bits per heavy atom. The van der Waals surface area contributed by atoms with E-state index in [9.17, 15) is 27.3 Å². The molecule has 0 bridgehead atoms. The normalized spacial score (nSPS) is 20.8. The van der Waals surface area contributed by atoms with Crippen LogP contribution in [0.25, 0.3) is 0 Å². The van der Waals surface area contributed by atoms with Crippen molar-refractivity contribution in [3.63, 3.8) is 0 Å². The zero-order valence-corrected chi connectivity index (χ0v) is 24.3. The number of anilines is 1. The van der Waals surface area contributed by atoms with Crippen molar-refractivity contribution < 1.29 is 26.7 Å². The molecule has 0 radical (unpaired) electrons. The van der Waals surface area contributed by atoms with Crippen molar-refractivity contribution in [2.24, 2.45) is 0 Å². The highest BCUT2D eigenvalue weighted by Crippen LogP contribution is 2.32. The minimum atomic E-state index is -4.34. The lowest BCUT2D eigenvalue weighted by Gasteiger charge is -2.35. The number of amides is 1. The Morgan fingerprint density at radius 1 is 1.30 bits per heavy atom. The molecule has 40 heavy (non-hydrogen) atoms. The Balaban J connectivity index is 1.51. The van der Waals surface area contributed by atoms with Crippen LogP contribution in [0, 0.1) is 17.1 Å². The first kappa shape index (κ1) is 30.5. The molecule has 2 saturated heterocycles. The van der Waals surface area contributed by atoms with Gasteiger partial charge in [0.1, 0.15) is 23.7 Å². The van der Waals surface area contributed by atoms with Crippen LogP contribution in [-0.4, -0.2) is 69.0 Å². The van der Waals surface area contributed by atoms with Crippen molar-refractivity contribution in [2.45, 2.75) is 60.2 Å². The van der Waals surface area contributed by atoms with Crippen molar-refractivity contribution in [3.05, 3.63) is 52.8 Å². The number of benzene rings is 2. The zero-order valence-electron chi connectivity index (χ0n) is 22.0. The van der Waals surface area contributed by atoms with Crippen LogP contribution in [0.15, 0.2) is 46.2 Å². The van der Waals surface area contributed by atoms with Crippen molar-refractivity contribution in [2.75, 3.05) is 37.3 Å². The highest BCUT2D eigenvalue weighted by molar-refractivity contribution is 7.99. The average molecular weight is 613 g/mol. The van der Waals surface area contributed by atoms with Gasteiger partial charge in [-0.15, -0.1) is 11.8 Å². The Bertz CT molecular complexity index is 1360. The van der Waals surface area contributed by atoms with Crippen LogP contribution in [0.5, 0.6) is 0 Å². The molecule has 2 aromatic rings. The summed E-state index contributed by atoms with van der Waals surface area (Å²) in [5, 5.41) is 13.1. The van der Waals surface area contributed by atoms with Crippen molar-refractivity contribution in [3.8, 4) is 6.07 Å². The maximum Gasteiger partial charge on any atom is 0.265 e. The lowest BCUT2D eigenvalue weighted by atomic mass is 9.95. The van der Waals surface area contributed by atoms with Crippen LogP contribution in [0.3, 0.4) is 0 Å². The fraction of sp³-hybridized carbons (Fsp3) is 0.481. The Labute approximate surface area is 242 Å². The summed E-state index contributed by atoms with van der Waals surface area (Å²) < 4.78 is 60.4. The highest BCUT2D eigenvalue weighted by atomic mass is 35.5. The molecule has 0 aliphatic carbocycles. The quantitative estimate of drug-likeness (QED) is 0.350. The van der Waals surface area contributed by atoms with Gasteiger partial charge in [0.2, 0.25) is 0 Å². The largest absolute Gasteiger partial charge is 0.379 e. The van der Waals surface area contributed by atoms with Gasteiger partial charge in [0.15, 0.2) is 0 Å². The van der Waals surface area contributed by atoms with Crippen LogP contribution in [0.1, 0.15) is 38.2 Å². The van der Waals surface area contributed by atoms with E-state index < -0.39 is 27.7 Å². The van der Waals surface area contributed by atoms with Crippen molar-refractivity contribution in [1.82, 2.24) is 9.62 Å². The second-order valence-electron chi connectivity index (χ2n) is 10.2. The van der Waals surface area contributed by atoms with Crippen LogP contribution >= 0.6 is 23.4 Å². The van der Waals surface area contributed by atoms with Crippen LogP contribution < -0.4 is 10.0 Å². The van der Waals surface area contributed by atoms with Gasteiger partial charge in [0, 0.05) is 42.9 Å². The van der Waals surface area contributed by atoms with E-state index in [1.807, 2.05) is 11.0 Å². The van der Waals surface area contributed by atoms with E-state index >= 15 is 0 Å². The molecule has 2 aliphatic heterocycles. The third-order valence-corrected chi connectivity index (χ3v) is 9.77. The number of thioether (sulfide) groups is 1. The van der Waals surface area contributed by atoms with Gasteiger partial charge in [0.25, 0.3) is 15.9 Å². The van der Waals surface area contributed by atoms with Gasteiger partial charge in [-0.05, 0) is 69.0 Å². The van der Waals surface area contributed by atoms with Gasteiger partial charge < -0.3 is 10.1 Å². The minimum absolute atomic E-state index is 0.00319. The number of carbonyl (C=O) groups is 1. The number of carbonyl (C=O) groups excluding carboxylic acids is 1. The monoisotopic (exact) mass is 612 g/mol. The maximum atomic E-state index is 13.3. The third kappa shape index (κ3) is 7.64. The van der Waals surface area contributed by atoms with Gasteiger partial charge in [-0.1, -0.05) is 11.6 Å².